The van der Waals surface area contributed by atoms with Crippen LogP contribution >= 0.6 is 0 Å². The maximum atomic E-state index is 4.35. The smallest absolute Gasteiger partial charge is 0.00636 e. The third-order valence-electron chi connectivity index (χ3n) is 4.63. The summed E-state index contributed by atoms with van der Waals surface area (Å²) in [4.78, 5) is 0. The molecule has 0 aliphatic carbocycles. The SMILES string of the molecule is C=C(C)c1ccc(C(C)C(=C)c2ccc(C)c(C)c2)c(C)c1. The van der Waals surface area contributed by atoms with Gasteiger partial charge in [-0.1, -0.05) is 62.1 Å². The molecule has 1 unspecified atom stereocenters. The molecule has 0 fully saturated rings. The molecule has 0 N–H and O–H groups in total. The van der Waals surface area contributed by atoms with Gasteiger partial charge in [-0.3, -0.25) is 0 Å². The van der Waals surface area contributed by atoms with Crippen LogP contribution < -0.4 is 0 Å². The Morgan fingerprint density at radius 2 is 1.41 bits per heavy atom. The Morgan fingerprint density at radius 3 is 1.95 bits per heavy atom. The predicted molar refractivity (Wildman–Crippen MR) is 99.3 cm³/mol. The van der Waals surface area contributed by atoms with E-state index in [0.717, 1.165) is 5.57 Å². The van der Waals surface area contributed by atoms with Crippen molar-refractivity contribution in [3.63, 3.8) is 0 Å². The van der Waals surface area contributed by atoms with Crippen molar-refractivity contribution in [1.29, 1.82) is 0 Å². The molecule has 0 nitrogen and oxygen atoms in total. The number of hydrogen-bond donors (Lipinski definition) is 0. The number of hydrogen-bond acceptors (Lipinski definition) is 0. The molecule has 114 valence electrons. The first-order valence-electron chi connectivity index (χ1n) is 7.84. The van der Waals surface area contributed by atoms with Gasteiger partial charge in [-0.2, -0.15) is 0 Å². The molecular formula is C22H26. The van der Waals surface area contributed by atoms with E-state index < -0.39 is 0 Å². The van der Waals surface area contributed by atoms with Gasteiger partial charge in [-0.05, 0) is 66.6 Å². The van der Waals surface area contributed by atoms with Gasteiger partial charge < -0.3 is 0 Å². The molecule has 0 aliphatic rings. The van der Waals surface area contributed by atoms with Crippen LogP contribution in [0.25, 0.3) is 11.1 Å². The van der Waals surface area contributed by atoms with Crippen LogP contribution in [0, 0.1) is 20.8 Å². The lowest BCUT2D eigenvalue weighted by Crippen LogP contribution is -2.00. The van der Waals surface area contributed by atoms with Crippen molar-refractivity contribution in [2.45, 2.75) is 40.5 Å². The third-order valence-corrected chi connectivity index (χ3v) is 4.63. The molecule has 0 radical (unpaired) electrons. The highest BCUT2D eigenvalue weighted by Crippen LogP contribution is 2.33. The molecule has 0 heterocycles. The van der Waals surface area contributed by atoms with Gasteiger partial charge in [0.15, 0.2) is 0 Å². The van der Waals surface area contributed by atoms with E-state index in [4.69, 9.17) is 0 Å². The maximum absolute atomic E-state index is 4.35. The van der Waals surface area contributed by atoms with E-state index in [9.17, 15) is 0 Å². The van der Waals surface area contributed by atoms with Gasteiger partial charge in [0.05, 0.1) is 0 Å². The van der Waals surface area contributed by atoms with E-state index in [-0.39, 0.29) is 0 Å². The van der Waals surface area contributed by atoms with E-state index in [1.807, 2.05) is 6.92 Å². The second kappa shape index (κ2) is 6.36. The van der Waals surface area contributed by atoms with Gasteiger partial charge in [0.25, 0.3) is 0 Å². The molecule has 0 bridgehead atoms. The van der Waals surface area contributed by atoms with Crippen molar-refractivity contribution < 1.29 is 0 Å². The van der Waals surface area contributed by atoms with Crippen molar-refractivity contribution >= 4 is 11.1 Å². The first-order chi connectivity index (χ1) is 10.3. The number of rotatable bonds is 4. The summed E-state index contributed by atoms with van der Waals surface area (Å²) in [5.41, 5.74) is 10.0. The minimum Gasteiger partial charge on any atom is -0.0955 e. The first kappa shape index (κ1) is 16.3. The zero-order chi connectivity index (χ0) is 16.4. The van der Waals surface area contributed by atoms with Gasteiger partial charge in [0, 0.05) is 5.92 Å². The molecule has 1 atom stereocenters. The molecule has 2 aromatic rings. The molecule has 2 aromatic carbocycles. The number of benzene rings is 2. The van der Waals surface area contributed by atoms with E-state index in [2.05, 4.69) is 77.3 Å². The normalized spacial score (nSPS) is 12.0. The largest absolute Gasteiger partial charge is 0.0955 e. The molecular weight excluding hydrogens is 264 g/mol. The summed E-state index contributed by atoms with van der Waals surface area (Å²) in [6.07, 6.45) is 0. The average Bonchev–Trinajstić information content (AvgIpc) is 2.48. The molecule has 2 rings (SSSR count). The van der Waals surface area contributed by atoms with Crippen LogP contribution in [0.5, 0.6) is 0 Å². The molecule has 0 spiro atoms. The lowest BCUT2D eigenvalue weighted by Gasteiger charge is -2.19. The average molecular weight is 290 g/mol. The van der Waals surface area contributed by atoms with Gasteiger partial charge >= 0.3 is 0 Å². The Morgan fingerprint density at radius 1 is 0.818 bits per heavy atom. The van der Waals surface area contributed by atoms with Crippen molar-refractivity contribution in [2.75, 3.05) is 0 Å². The van der Waals surface area contributed by atoms with Crippen LogP contribution in [0.2, 0.25) is 0 Å². The molecule has 0 heteroatoms. The van der Waals surface area contributed by atoms with Crippen LogP contribution in [0.3, 0.4) is 0 Å². The third kappa shape index (κ3) is 3.22. The second-order valence-corrected chi connectivity index (χ2v) is 6.40. The minimum absolute atomic E-state index is 0.307. The van der Waals surface area contributed by atoms with Crippen molar-refractivity contribution in [2.24, 2.45) is 0 Å². The zero-order valence-corrected chi connectivity index (χ0v) is 14.5. The van der Waals surface area contributed by atoms with Crippen molar-refractivity contribution in [3.05, 3.63) is 82.9 Å². The summed E-state index contributed by atoms with van der Waals surface area (Å²) in [5, 5.41) is 0. The van der Waals surface area contributed by atoms with Crippen molar-refractivity contribution in [3.8, 4) is 0 Å². The maximum Gasteiger partial charge on any atom is 0.00636 e. The topological polar surface area (TPSA) is 0 Å². The second-order valence-electron chi connectivity index (χ2n) is 6.40. The summed E-state index contributed by atoms with van der Waals surface area (Å²) in [6.45, 7) is 19.1. The van der Waals surface area contributed by atoms with E-state index in [0.29, 0.717) is 5.92 Å². The quantitative estimate of drug-likeness (QED) is 0.606. The highest BCUT2D eigenvalue weighted by Gasteiger charge is 2.14. The molecule has 22 heavy (non-hydrogen) atoms. The lowest BCUT2D eigenvalue weighted by molar-refractivity contribution is 0.974. The fraction of sp³-hybridized carbons (Fsp3) is 0.273. The van der Waals surface area contributed by atoms with E-state index >= 15 is 0 Å². The summed E-state index contributed by atoms with van der Waals surface area (Å²) in [6, 6.07) is 13.2. The molecule has 0 amide bonds. The van der Waals surface area contributed by atoms with Crippen LogP contribution in [0.4, 0.5) is 0 Å². The standard InChI is InChI=1S/C22H26/c1-14(2)20-10-11-22(17(5)13-20)19(7)18(6)21-9-8-15(3)16(4)12-21/h8-13,19H,1,6H2,2-5,7H3. The number of aryl methyl sites for hydroxylation is 3. The van der Waals surface area contributed by atoms with Crippen LogP contribution in [-0.2, 0) is 0 Å². The van der Waals surface area contributed by atoms with Crippen LogP contribution in [0.1, 0.15) is 53.1 Å². The summed E-state index contributed by atoms with van der Waals surface area (Å²) in [7, 11) is 0. The first-order valence-corrected chi connectivity index (χ1v) is 7.84. The van der Waals surface area contributed by atoms with E-state index in [1.54, 1.807) is 0 Å². The van der Waals surface area contributed by atoms with Gasteiger partial charge in [-0.15, -0.1) is 0 Å². The monoisotopic (exact) mass is 290 g/mol. The Balaban J connectivity index is 2.34. The summed E-state index contributed by atoms with van der Waals surface area (Å²) >= 11 is 0. The van der Waals surface area contributed by atoms with Crippen molar-refractivity contribution in [1.82, 2.24) is 0 Å². The Kier molecular flexibility index (Phi) is 4.71. The predicted octanol–water partition coefficient (Wildman–Crippen LogP) is 6.46. The molecule has 0 saturated heterocycles. The zero-order valence-electron chi connectivity index (χ0n) is 14.5. The molecule has 0 saturated carbocycles. The Bertz CT molecular complexity index is 732. The summed E-state index contributed by atoms with van der Waals surface area (Å²) < 4.78 is 0. The lowest BCUT2D eigenvalue weighted by atomic mass is 9.85. The van der Waals surface area contributed by atoms with Crippen LogP contribution in [-0.4, -0.2) is 0 Å². The molecule has 0 aromatic heterocycles. The molecule has 0 aliphatic heterocycles. The minimum atomic E-state index is 0.307. The number of allylic oxidation sites excluding steroid dienone is 2. The fourth-order valence-electron chi connectivity index (χ4n) is 2.81. The fourth-order valence-corrected chi connectivity index (χ4v) is 2.81. The van der Waals surface area contributed by atoms with Crippen LogP contribution in [0.15, 0.2) is 49.6 Å². The van der Waals surface area contributed by atoms with E-state index in [1.165, 1.54) is 39.0 Å². The highest BCUT2D eigenvalue weighted by atomic mass is 14.2. The van der Waals surface area contributed by atoms with Gasteiger partial charge in [-0.25, -0.2) is 0 Å². The van der Waals surface area contributed by atoms with Gasteiger partial charge in [0.2, 0.25) is 0 Å². The Labute approximate surface area is 135 Å². The summed E-state index contributed by atoms with van der Waals surface area (Å²) in [5.74, 6) is 0.307. The Hall–Kier alpha value is -2.08. The highest BCUT2D eigenvalue weighted by molar-refractivity contribution is 5.71. The van der Waals surface area contributed by atoms with Gasteiger partial charge in [0.1, 0.15) is 0 Å².